The molecule has 0 aliphatic carbocycles. The Kier molecular flexibility index (Phi) is 5.94. The number of rotatable bonds is 7. The summed E-state index contributed by atoms with van der Waals surface area (Å²) in [6.07, 6.45) is 0. The van der Waals surface area contributed by atoms with Gasteiger partial charge in [0.15, 0.2) is 11.0 Å². The lowest BCUT2D eigenvalue weighted by Crippen LogP contribution is -2.18. The van der Waals surface area contributed by atoms with Crippen molar-refractivity contribution in [3.8, 4) is 22.1 Å². The molecular weight excluding hydrogens is 463 g/mol. The number of anilines is 1. The van der Waals surface area contributed by atoms with Crippen molar-refractivity contribution in [2.45, 2.75) is 5.75 Å². The summed E-state index contributed by atoms with van der Waals surface area (Å²) in [5.74, 6) is 0.426. The number of nitrogens with one attached hydrogen (secondary N) is 1. The van der Waals surface area contributed by atoms with E-state index in [9.17, 15) is 12.8 Å². The van der Waals surface area contributed by atoms with Crippen molar-refractivity contribution in [1.82, 2.24) is 14.8 Å². The van der Waals surface area contributed by atoms with Gasteiger partial charge >= 0.3 is 0 Å². The van der Waals surface area contributed by atoms with Crippen LogP contribution in [0.4, 0.5) is 10.3 Å². The van der Waals surface area contributed by atoms with Crippen LogP contribution in [0.1, 0.15) is 5.56 Å². The fourth-order valence-corrected chi connectivity index (χ4v) is 4.91. The minimum Gasteiger partial charge on any atom is -0.495 e. The van der Waals surface area contributed by atoms with Crippen molar-refractivity contribution in [3.05, 3.63) is 76.4 Å². The molecule has 0 amide bonds. The number of hydrogen-bond donors (Lipinski definition) is 1. The van der Waals surface area contributed by atoms with Gasteiger partial charge in [0.05, 0.1) is 23.4 Å². The van der Waals surface area contributed by atoms with Crippen LogP contribution in [0, 0.1) is 5.13 Å². The van der Waals surface area contributed by atoms with Crippen LogP contribution in [0.3, 0.4) is 0 Å². The molecule has 7 nitrogen and oxygen atoms in total. The first kappa shape index (κ1) is 21.3. The zero-order valence-corrected chi connectivity index (χ0v) is 18.5. The summed E-state index contributed by atoms with van der Waals surface area (Å²) in [4.78, 5) is 0.485. The van der Waals surface area contributed by atoms with E-state index in [1.165, 1.54) is 17.7 Å². The first-order valence-electron chi connectivity index (χ1n) is 8.96. The van der Waals surface area contributed by atoms with E-state index in [0.717, 1.165) is 11.3 Å². The molecule has 160 valence electrons. The Morgan fingerprint density at radius 1 is 1.10 bits per heavy atom. The third-order valence-corrected chi connectivity index (χ3v) is 6.63. The SMILES string of the molecule is COc1ccccc1-n1c(NS(=O)(=O)Cc2ccc(Cl)cc2)nnc1-c1ccc(F)s1. The summed E-state index contributed by atoms with van der Waals surface area (Å²) in [6.45, 7) is 0. The molecule has 0 bridgehead atoms. The molecule has 0 saturated carbocycles. The van der Waals surface area contributed by atoms with Gasteiger partial charge in [0.1, 0.15) is 5.75 Å². The number of halogens is 2. The van der Waals surface area contributed by atoms with Gasteiger partial charge in [-0.05, 0) is 42.0 Å². The molecule has 0 aliphatic heterocycles. The highest BCUT2D eigenvalue weighted by Gasteiger charge is 2.23. The first-order chi connectivity index (χ1) is 14.9. The monoisotopic (exact) mass is 478 g/mol. The molecule has 0 radical (unpaired) electrons. The average Bonchev–Trinajstić information content (AvgIpc) is 3.35. The predicted molar refractivity (Wildman–Crippen MR) is 119 cm³/mol. The van der Waals surface area contributed by atoms with Crippen LogP contribution in [0.5, 0.6) is 5.75 Å². The van der Waals surface area contributed by atoms with Gasteiger partial charge in [-0.3, -0.25) is 9.29 Å². The van der Waals surface area contributed by atoms with Crippen molar-refractivity contribution in [2.24, 2.45) is 0 Å². The quantitative estimate of drug-likeness (QED) is 0.414. The molecule has 2 heterocycles. The molecule has 11 heteroatoms. The van der Waals surface area contributed by atoms with Crippen molar-refractivity contribution >= 4 is 38.9 Å². The maximum Gasteiger partial charge on any atom is 0.243 e. The second kappa shape index (κ2) is 8.66. The predicted octanol–water partition coefficient (Wildman–Crippen LogP) is 4.74. The van der Waals surface area contributed by atoms with E-state index in [0.29, 0.717) is 26.9 Å². The molecule has 4 aromatic rings. The van der Waals surface area contributed by atoms with Gasteiger partial charge in [0, 0.05) is 5.02 Å². The summed E-state index contributed by atoms with van der Waals surface area (Å²) in [5.41, 5.74) is 1.06. The standard InChI is InChI=1S/C20H16ClFN4O3S2/c1-29-16-5-3-2-4-15(16)26-19(17-10-11-18(22)30-17)23-24-20(26)25-31(27,28)12-13-6-8-14(21)9-7-13/h2-11H,12H2,1H3,(H,24,25). The van der Waals surface area contributed by atoms with Gasteiger partial charge < -0.3 is 4.74 Å². The van der Waals surface area contributed by atoms with E-state index < -0.39 is 15.2 Å². The van der Waals surface area contributed by atoms with Crippen LogP contribution in [0.2, 0.25) is 5.02 Å². The molecule has 31 heavy (non-hydrogen) atoms. The molecule has 0 unspecified atom stereocenters. The lowest BCUT2D eigenvalue weighted by atomic mass is 10.2. The minimum atomic E-state index is -3.84. The van der Waals surface area contributed by atoms with Crippen molar-refractivity contribution in [2.75, 3.05) is 11.8 Å². The Labute approximate surface area is 187 Å². The van der Waals surface area contributed by atoms with Crippen molar-refractivity contribution in [3.63, 3.8) is 0 Å². The van der Waals surface area contributed by atoms with Gasteiger partial charge in [-0.25, -0.2) is 8.42 Å². The number of nitrogens with zero attached hydrogens (tertiary/aromatic N) is 3. The second-order valence-corrected chi connectivity index (χ2v) is 9.64. The number of para-hydroxylation sites is 2. The fraction of sp³-hybridized carbons (Fsp3) is 0.100. The van der Waals surface area contributed by atoms with Gasteiger partial charge in [0.25, 0.3) is 0 Å². The third kappa shape index (κ3) is 4.71. The van der Waals surface area contributed by atoms with E-state index in [4.69, 9.17) is 16.3 Å². The summed E-state index contributed by atoms with van der Waals surface area (Å²) < 4.78 is 48.7. The van der Waals surface area contributed by atoms with E-state index in [1.807, 2.05) is 0 Å². The number of sulfonamides is 1. The third-order valence-electron chi connectivity index (χ3n) is 4.30. The Morgan fingerprint density at radius 3 is 2.52 bits per heavy atom. The van der Waals surface area contributed by atoms with Gasteiger partial charge in [-0.2, -0.15) is 4.39 Å². The summed E-state index contributed by atoms with van der Waals surface area (Å²) in [7, 11) is -2.34. The van der Waals surface area contributed by atoms with Crippen LogP contribution in [-0.4, -0.2) is 30.3 Å². The van der Waals surface area contributed by atoms with Crippen LogP contribution >= 0.6 is 22.9 Å². The topological polar surface area (TPSA) is 86.1 Å². The zero-order chi connectivity index (χ0) is 22.0. The number of aromatic nitrogens is 3. The average molecular weight is 479 g/mol. The molecule has 0 fully saturated rings. The van der Waals surface area contributed by atoms with Crippen molar-refractivity contribution < 1.29 is 17.5 Å². The first-order valence-corrected chi connectivity index (χ1v) is 11.8. The number of thiophene rings is 1. The molecule has 2 aromatic carbocycles. The van der Waals surface area contributed by atoms with Crippen LogP contribution in [0.15, 0.2) is 60.7 Å². The molecule has 0 atom stereocenters. The van der Waals surface area contributed by atoms with Crippen LogP contribution in [0.25, 0.3) is 16.4 Å². The van der Waals surface area contributed by atoms with E-state index in [-0.39, 0.29) is 17.5 Å². The van der Waals surface area contributed by atoms with Crippen molar-refractivity contribution in [1.29, 1.82) is 0 Å². The highest BCUT2D eigenvalue weighted by molar-refractivity contribution is 7.91. The largest absolute Gasteiger partial charge is 0.495 e. The Hall–Kier alpha value is -2.95. The molecular formula is C20H16ClFN4O3S2. The smallest absolute Gasteiger partial charge is 0.243 e. The summed E-state index contributed by atoms with van der Waals surface area (Å²) in [5, 5.41) is 8.25. The van der Waals surface area contributed by atoms with Crippen LogP contribution in [-0.2, 0) is 15.8 Å². The fourth-order valence-electron chi connectivity index (χ4n) is 2.96. The highest BCUT2D eigenvalue weighted by atomic mass is 35.5. The van der Waals surface area contributed by atoms with Crippen LogP contribution < -0.4 is 9.46 Å². The maximum absolute atomic E-state index is 13.7. The molecule has 1 N–H and O–H groups in total. The van der Waals surface area contributed by atoms with E-state index >= 15 is 0 Å². The molecule has 4 rings (SSSR count). The normalized spacial score (nSPS) is 11.5. The van der Waals surface area contributed by atoms with E-state index in [2.05, 4.69) is 14.9 Å². The zero-order valence-electron chi connectivity index (χ0n) is 16.1. The molecule has 0 saturated heterocycles. The summed E-state index contributed by atoms with van der Waals surface area (Å²) in [6, 6.07) is 16.4. The lowest BCUT2D eigenvalue weighted by molar-refractivity contribution is 0.413. The number of hydrogen-bond acceptors (Lipinski definition) is 6. The number of ether oxygens (including phenoxy) is 1. The van der Waals surface area contributed by atoms with Gasteiger partial charge in [0.2, 0.25) is 16.0 Å². The Morgan fingerprint density at radius 2 is 1.84 bits per heavy atom. The lowest BCUT2D eigenvalue weighted by Gasteiger charge is -2.14. The second-order valence-electron chi connectivity index (χ2n) is 6.45. The molecule has 0 spiro atoms. The number of benzene rings is 2. The highest BCUT2D eigenvalue weighted by Crippen LogP contribution is 2.34. The Balaban J connectivity index is 1.77. The summed E-state index contributed by atoms with van der Waals surface area (Å²) >= 11 is 6.75. The van der Waals surface area contributed by atoms with Gasteiger partial charge in [-0.15, -0.1) is 21.5 Å². The Bertz CT molecular complexity index is 1320. The van der Waals surface area contributed by atoms with Gasteiger partial charge in [-0.1, -0.05) is 35.9 Å². The minimum absolute atomic E-state index is 0.0396. The number of methoxy groups -OCH3 is 1. The van der Waals surface area contributed by atoms with E-state index in [1.54, 1.807) is 54.6 Å². The molecule has 0 aliphatic rings. The maximum atomic E-state index is 13.7. The molecule has 2 aromatic heterocycles.